The quantitative estimate of drug-likeness (QED) is 0.402. The maximum absolute atomic E-state index is 14.8. The van der Waals surface area contributed by atoms with Crippen LogP contribution in [0.25, 0.3) is 27.9 Å². The van der Waals surface area contributed by atoms with E-state index in [2.05, 4.69) is 20.7 Å². The average Bonchev–Trinajstić information content (AvgIpc) is 3.48. The number of carbonyl (C=O) groups is 1. The second-order valence-electron chi connectivity index (χ2n) is 9.07. The van der Waals surface area contributed by atoms with Crippen LogP contribution in [-0.2, 0) is 4.74 Å². The van der Waals surface area contributed by atoms with Crippen LogP contribution >= 0.6 is 0 Å². The summed E-state index contributed by atoms with van der Waals surface area (Å²) in [4.78, 5) is 22.3. The van der Waals surface area contributed by atoms with Crippen molar-refractivity contribution < 1.29 is 19.0 Å². The van der Waals surface area contributed by atoms with Crippen LogP contribution in [0.5, 0.6) is 0 Å². The summed E-state index contributed by atoms with van der Waals surface area (Å²) in [5.41, 5.74) is 2.78. The molecule has 6 rings (SSSR count). The Balaban J connectivity index is 1.47. The second kappa shape index (κ2) is 8.58. The van der Waals surface area contributed by atoms with Gasteiger partial charge < -0.3 is 25.0 Å². The highest BCUT2D eigenvalue weighted by atomic mass is 19.1. The highest BCUT2D eigenvalue weighted by Gasteiger charge is 2.32. The second-order valence-corrected chi connectivity index (χ2v) is 9.07. The maximum Gasteiger partial charge on any atom is 0.257 e. The number of hydrogen-bond acceptors (Lipinski definition) is 7. The number of fused-ring (bicyclic) bond motifs is 2. The lowest BCUT2D eigenvalue weighted by atomic mass is 9.89. The number of amides is 1. The lowest BCUT2D eigenvalue weighted by molar-refractivity contribution is 0.00443. The lowest BCUT2D eigenvalue weighted by Gasteiger charge is -2.32. The first-order valence-corrected chi connectivity index (χ1v) is 11.8. The molecule has 182 valence electrons. The molecule has 35 heavy (non-hydrogen) atoms. The molecule has 0 radical (unpaired) electrons. The van der Waals surface area contributed by atoms with Crippen molar-refractivity contribution >= 4 is 28.4 Å². The van der Waals surface area contributed by atoms with Crippen molar-refractivity contribution in [3.63, 3.8) is 0 Å². The van der Waals surface area contributed by atoms with E-state index in [9.17, 15) is 14.3 Å². The van der Waals surface area contributed by atoms with Crippen molar-refractivity contribution in [1.29, 1.82) is 0 Å². The van der Waals surface area contributed by atoms with Gasteiger partial charge in [-0.3, -0.25) is 4.79 Å². The molecular weight excluding hydrogens is 453 g/mol. The van der Waals surface area contributed by atoms with Crippen LogP contribution < -0.4 is 10.6 Å². The van der Waals surface area contributed by atoms with Crippen molar-refractivity contribution in [2.24, 2.45) is 0 Å². The summed E-state index contributed by atoms with van der Waals surface area (Å²) in [6, 6.07) is 4.98. The van der Waals surface area contributed by atoms with Gasteiger partial charge in [0.15, 0.2) is 5.65 Å². The number of ether oxygens (including phenoxy) is 1. The van der Waals surface area contributed by atoms with E-state index < -0.39 is 12.3 Å². The molecule has 3 N–H and O–H groups in total. The summed E-state index contributed by atoms with van der Waals surface area (Å²) in [6.45, 7) is 0.551. The molecule has 11 heteroatoms. The number of hydrogen-bond donors (Lipinski definition) is 3. The van der Waals surface area contributed by atoms with Crippen LogP contribution in [0, 0.1) is 0 Å². The molecule has 4 atom stereocenters. The van der Waals surface area contributed by atoms with Crippen molar-refractivity contribution in [3.05, 3.63) is 42.4 Å². The average molecular weight is 480 g/mol. The summed E-state index contributed by atoms with van der Waals surface area (Å²) >= 11 is 0. The van der Waals surface area contributed by atoms with Gasteiger partial charge in [0.25, 0.3) is 5.91 Å². The normalized spacial score (nSPS) is 24.4. The first kappa shape index (κ1) is 21.9. The Morgan fingerprint density at radius 3 is 2.91 bits per heavy atom. The van der Waals surface area contributed by atoms with E-state index in [4.69, 9.17) is 9.72 Å². The van der Waals surface area contributed by atoms with Crippen molar-refractivity contribution in [2.75, 3.05) is 25.6 Å². The zero-order chi connectivity index (χ0) is 24.1. The van der Waals surface area contributed by atoms with E-state index in [1.165, 1.54) is 6.20 Å². The molecule has 4 aromatic rings. The predicted octanol–water partition coefficient (Wildman–Crippen LogP) is 2.34. The Bertz CT molecular complexity index is 1420. The summed E-state index contributed by atoms with van der Waals surface area (Å²) in [7, 11) is 1.77. The van der Waals surface area contributed by atoms with E-state index in [0.29, 0.717) is 47.8 Å². The van der Waals surface area contributed by atoms with E-state index in [1.54, 1.807) is 17.8 Å². The number of carbonyl (C=O) groups excluding carboxylic acids is 1. The van der Waals surface area contributed by atoms with E-state index in [0.717, 1.165) is 17.4 Å². The number of rotatable bonds is 5. The zero-order valence-corrected chi connectivity index (χ0v) is 19.2. The molecular formula is C24H26FN7O3. The summed E-state index contributed by atoms with van der Waals surface area (Å²) in [6.07, 6.45) is 5.36. The van der Waals surface area contributed by atoms with Gasteiger partial charge in [-0.15, -0.1) is 0 Å². The van der Waals surface area contributed by atoms with Gasteiger partial charge >= 0.3 is 0 Å². The smallest absolute Gasteiger partial charge is 0.257 e. The molecule has 1 saturated heterocycles. The van der Waals surface area contributed by atoms with Gasteiger partial charge in [-0.1, -0.05) is 0 Å². The molecule has 2 aliphatic rings. The number of anilines is 1. The van der Waals surface area contributed by atoms with E-state index >= 15 is 0 Å². The third-order valence-corrected chi connectivity index (χ3v) is 7.00. The molecule has 1 saturated carbocycles. The molecule has 0 aromatic carbocycles. The maximum atomic E-state index is 14.8. The van der Waals surface area contributed by atoms with Crippen LogP contribution in [-0.4, -0.2) is 73.7 Å². The van der Waals surface area contributed by atoms with Gasteiger partial charge in [0, 0.05) is 43.1 Å². The fraction of sp³-hybridized carbons (Fsp3) is 0.417. The number of nitrogens with zero attached hydrogens (tertiary/aromatic N) is 5. The fourth-order valence-electron chi connectivity index (χ4n) is 4.88. The molecule has 2 fully saturated rings. The monoisotopic (exact) mass is 479 g/mol. The SMILES string of the molecule is CNc1cc(-c2cn([C@H]3CCOC[C@@H]3F)c3ncccc23)nc2c(C(=O)N[C@@H]3CC[C@@H]3O)cnn12. The Labute approximate surface area is 200 Å². The number of aromatic nitrogens is 5. The third-order valence-electron chi connectivity index (χ3n) is 7.00. The number of alkyl halides is 1. The minimum absolute atomic E-state index is 0.0601. The van der Waals surface area contributed by atoms with Crippen LogP contribution in [0.2, 0.25) is 0 Å². The molecule has 4 aromatic heterocycles. The third kappa shape index (κ3) is 3.62. The Hall–Kier alpha value is -3.57. The van der Waals surface area contributed by atoms with Gasteiger partial charge in [-0.25, -0.2) is 14.4 Å². The molecule has 5 heterocycles. The molecule has 1 amide bonds. The summed E-state index contributed by atoms with van der Waals surface area (Å²) < 4.78 is 23.5. The van der Waals surface area contributed by atoms with E-state index in [-0.39, 0.29) is 24.6 Å². The Kier molecular flexibility index (Phi) is 5.37. The summed E-state index contributed by atoms with van der Waals surface area (Å²) in [5.74, 6) is 0.314. The topological polar surface area (TPSA) is 119 Å². The number of halogens is 1. The minimum atomic E-state index is -1.13. The fourth-order valence-corrected chi connectivity index (χ4v) is 4.88. The largest absolute Gasteiger partial charge is 0.391 e. The highest BCUT2D eigenvalue weighted by molar-refractivity contribution is 6.01. The minimum Gasteiger partial charge on any atom is -0.391 e. The van der Waals surface area contributed by atoms with Crippen LogP contribution in [0.4, 0.5) is 10.2 Å². The predicted molar refractivity (Wildman–Crippen MR) is 127 cm³/mol. The van der Waals surface area contributed by atoms with Gasteiger partial charge in [-0.2, -0.15) is 9.61 Å². The van der Waals surface area contributed by atoms with Crippen LogP contribution in [0.15, 0.2) is 36.8 Å². The molecule has 0 bridgehead atoms. The highest BCUT2D eigenvalue weighted by Crippen LogP contribution is 2.35. The van der Waals surface area contributed by atoms with Crippen molar-refractivity contribution in [2.45, 2.75) is 43.6 Å². The molecule has 1 aliphatic heterocycles. The Morgan fingerprint density at radius 2 is 2.17 bits per heavy atom. The first-order valence-electron chi connectivity index (χ1n) is 11.8. The number of aliphatic hydroxyl groups excluding tert-OH is 1. The first-order chi connectivity index (χ1) is 17.0. The van der Waals surface area contributed by atoms with Crippen LogP contribution in [0.3, 0.4) is 0 Å². The van der Waals surface area contributed by atoms with E-state index in [1.807, 2.05) is 29.0 Å². The van der Waals surface area contributed by atoms with Crippen molar-refractivity contribution in [1.82, 2.24) is 29.5 Å². The van der Waals surface area contributed by atoms with Gasteiger partial charge in [0.05, 0.1) is 36.7 Å². The van der Waals surface area contributed by atoms with Gasteiger partial charge in [0.1, 0.15) is 23.2 Å². The van der Waals surface area contributed by atoms with Crippen molar-refractivity contribution in [3.8, 4) is 11.3 Å². The zero-order valence-electron chi connectivity index (χ0n) is 19.2. The number of pyridine rings is 1. The molecule has 0 unspecified atom stereocenters. The van der Waals surface area contributed by atoms with Crippen LogP contribution in [0.1, 0.15) is 35.7 Å². The molecule has 10 nitrogen and oxygen atoms in total. The molecule has 1 aliphatic carbocycles. The number of aliphatic hydroxyl groups is 1. The summed E-state index contributed by atoms with van der Waals surface area (Å²) in [5, 5.41) is 21.0. The number of nitrogens with one attached hydrogen (secondary N) is 2. The Morgan fingerprint density at radius 1 is 1.29 bits per heavy atom. The standard InChI is InChI=1S/C24H26FN7O3/c1-26-21-9-18(29-23-14(10-28-32(21)23)24(34)30-17-4-5-20(17)33)15-11-31(19-6-8-35-12-16(19)25)22-13(15)3-2-7-27-22/h2-3,7,9-11,16-17,19-20,26,33H,4-6,8,12H2,1H3,(H,30,34)/t16-,17+,19-,20-/m0/s1. The van der Waals surface area contributed by atoms with Gasteiger partial charge in [-0.05, 0) is 31.4 Å². The molecule has 0 spiro atoms. The van der Waals surface area contributed by atoms with Gasteiger partial charge in [0.2, 0.25) is 0 Å². The lowest BCUT2D eigenvalue weighted by Crippen LogP contribution is -2.50.